The number of aromatic carboxylic acids is 1. The number of amides is 1. The van der Waals surface area contributed by atoms with E-state index in [1.807, 2.05) is 6.07 Å². The van der Waals surface area contributed by atoms with E-state index in [0.29, 0.717) is 34.6 Å². The van der Waals surface area contributed by atoms with E-state index in [0.717, 1.165) is 0 Å². The van der Waals surface area contributed by atoms with Gasteiger partial charge in [0.1, 0.15) is 11.9 Å². The van der Waals surface area contributed by atoms with Gasteiger partial charge in [-0.2, -0.15) is 5.26 Å². The van der Waals surface area contributed by atoms with Crippen LogP contribution in [0.15, 0.2) is 24.5 Å². The first kappa shape index (κ1) is 14.7. The minimum Gasteiger partial charge on any atom is -0.478 e. The molecule has 114 valence electrons. The SMILES string of the molecule is Cc1cc(C(=O)O)cnc1CC1C(=O)Nc2ncc(C#N)cc21. The highest BCUT2D eigenvalue weighted by molar-refractivity contribution is 6.02. The fraction of sp³-hybridized carbons (Fsp3) is 0.188. The molecule has 0 saturated heterocycles. The zero-order valence-electron chi connectivity index (χ0n) is 12.2. The second-order valence-corrected chi connectivity index (χ2v) is 5.31. The summed E-state index contributed by atoms with van der Waals surface area (Å²) in [6.07, 6.45) is 3.01. The average molecular weight is 308 g/mol. The highest BCUT2D eigenvalue weighted by atomic mass is 16.4. The standard InChI is InChI=1S/C16H12N4O3/c1-8-2-10(16(22)23)7-18-13(8)4-12-11-3-9(5-17)6-19-14(11)20-15(12)21/h2-3,6-7,12H,4H2,1H3,(H,22,23)(H,19,20,21). The molecular weight excluding hydrogens is 296 g/mol. The molecule has 7 nitrogen and oxygen atoms in total. The van der Waals surface area contributed by atoms with Gasteiger partial charge in [0.2, 0.25) is 5.91 Å². The maximum atomic E-state index is 12.2. The minimum absolute atomic E-state index is 0.107. The molecule has 0 fully saturated rings. The number of hydrogen-bond acceptors (Lipinski definition) is 5. The summed E-state index contributed by atoms with van der Waals surface area (Å²) in [6, 6.07) is 5.18. The van der Waals surface area contributed by atoms with Gasteiger partial charge in [-0.3, -0.25) is 9.78 Å². The first-order valence-corrected chi connectivity index (χ1v) is 6.89. The zero-order valence-corrected chi connectivity index (χ0v) is 12.2. The molecule has 7 heteroatoms. The van der Waals surface area contributed by atoms with Crippen LogP contribution >= 0.6 is 0 Å². The predicted molar refractivity (Wildman–Crippen MR) is 80.0 cm³/mol. The third kappa shape index (κ3) is 2.62. The third-order valence-electron chi connectivity index (χ3n) is 3.81. The Balaban J connectivity index is 1.94. The largest absolute Gasteiger partial charge is 0.478 e. The van der Waals surface area contributed by atoms with Crippen molar-refractivity contribution in [3.05, 3.63) is 52.5 Å². The van der Waals surface area contributed by atoms with E-state index in [1.165, 1.54) is 18.5 Å². The number of carbonyl (C=O) groups is 2. The van der Waals surface area contributed by atoms with Gasteiger partial charge in [0.05, 0.1) is 17.0 Å². The summed E-state index contributed by atoms with van der Waals surface area (Å²) in [6.45, 7) is 1.76. The van der Waals surface area contributed by atoms with E-state index in [4.69, 9.17) is 10.4 Å². The van der Waals surface area contributed by atoms with E-state index in [2.05, 4.69) is 15.3 Å². The predicted octanol–water partition coefficient (Wildman–Crippen LogP) is 1.63. The van der Waals surface area contributed by atoms with Crippen LogP contribution in [0.2, 0.25) is 0 Å². The summed E-state index contributed by atoms with van der Waals surface area (Å²) in [5.41, 5.74) is 2.51. The average Bonchev–Trinajstić information content (AvgIpc) is 2.84. The van der Waals surface area contributed by atoms with Gasteiger partial charge in [0.15, 0.2) is 0 Å². The van der Waals surface area contributed by atoms with Crippen molar-refractivity contribution in [1.82, 2.24) is 9.97 Å². The maximum Gasteiger partial charge on any atom is 0.337 e. The second kappa shape index (κ2) is 5.50. The van der Waals surface area contributed by atoms with E-state index >= 15 is 0 Å². The molecule has 1 aliphatic rings. The second-order valence-electron chi connectivity index (χ2n) is 5.31. The molecule has 0 aliphatic carbocycles. The lowest BCUT2D eigenvalue weighted by molar-refractivity contribution is -0.117. The van der Waals surface area contributed by atoms with Gasteiger partial charge in [0, 0.05) is 30.1 Å². The molecule has 3 heterocycles. The Morgan fingerprint density at radius 3 is 2.83 bits per heavy atom. The zero-order chi connectivity index (χ0) is 16.6. The number of aromatic nitrogens is 2. The fourth-order valence-electron chi connectivity index (χ4n) is 2.59. The van der Waals surface area contributed by atoms with Crippen molar-refractivity contribution in [3.63, 3.8) is 0 Å². The minimum atomic E-state index is -1.04. The van der Waals surface area contributed by atoms with Gasteiger partial charge < -0.3 is 10.4 Å². The molecule has 0 bridgehead atoms. The van der Waals surface area contributed by atoms with Crippen molar-refractivity contribution < 1.29 is 14.7 Å². The molecule has 23 heavy (non-hydrogen) atoms. The number of hydrogen-bond donors (Lipinski definition) is 2. The lowest BCUT2D eigenvalue weighted by atomic mass is 9.94. The molecule has 3 rings (SSSR count). The van der Waals surface area contributed by atoms with Crippen molar-refractivity contribution >= 4 is 17.7 Å². The van der Waals surface area contributed by atoms with Gasteiger partial charge in [-0.05, 0) is 24.6 Å². The number of carboxylic acid groups (broad SMARTS) is 1. The number of aryl methyl sites for hydroxylation is 1. The van der Waals surface area contributed by atoms with Gasteiger partial charge in [0.25, 0.3) is 0 Å². The molecule has 1 unspecified atom stereocenters. The molecule has 1 aliphatic heterocycles. The summed E-state index contributed by atoms with van der Waals surface area (Å²) >= 11 is 0. The van der Waals surface area contributed by atoms with Crippen LogP contribution in [0.3, 0.4) is 0 Å². The molecular formula is C16H12N4O3. The molecule has 0 spiro atoms. The molecule has 0 aromatic carbocycles. The van der Waals surface area contributed by atoms with Crippen LogP contribution < -0.4 is 5.32 Å². The van der Waals surface area contributed by atoms with E-state index in [1.54, 1.807) is 13.0 Å². The smallest absolute Gasteiger partial charge is 0.337 e. The molecule has 2 aromatic rings. The van der Waals surface area contributed by atoms with Crippen LogP contribution in [0.5, 0.6) is 0 Å². The number of rotatable bonds is 3. The Morgan fingerprint density at radius 2 is 2.17 bits per heavy atom. The van der Waals surface area contributed by atoms with Crippen molar-refractivity contribution in [2.75, 3.05) is 5.32 Å². The summed E-state index contributed by atoms with van der Waals surface area (Å²) in [7, 11) is 0. The summed E-state index contributed by atoms with van der Waals surface area (Å²) in [4.78, 5) is 31.4. The lowest BCUT2D eigenvalue weighted by Gasteiger charge is -2.11. The topological polar surface area (TPSA) is 116 Å². The molecule has 0 saturated carbocycles. The first-order chi connectivity index (χ1) is 11.0. The van der Waals surface area contributed by atoms with E-state index in [-0.39, 0.29) is 11.5 Å². The van der Waals surface area contributed by atoms with Crippen LogP contribution in [-0.2, 0) is 11.2 Å². The monoisotopic (exact) mass is 308 g/mol. The van der Waals surface area contributed by atoms with Crippen LogP contribution in [0.4, 0.5) is 5.82 Å². The quantitative estimate of drug-likeness (QED) is 0.890. The maximum absolute atomic E-state index is 12.2. The normalized spacial score (nSPS) is 15.7. The van der Waals surface area contributed by atoms with Gasteiger partial charge in [-0.25, -0.2) is 9.78 Å². The van der Waals surface area contributed by atoms with Gasteiger partial charge in [-0.1, -0.05) is 0 Å². The number of nitrogens with zero attached hydrogens (tertiary/aromatic N) is 3. The molecule has 1 atom stereocenters. The fourth-order valence-corrected chi connectivity index (χ4v) is 2.59. The van der Waals surface area contributed by atoms with Gasteiger partial charge >= 0.3 is 5.97 Å². The van der Waals surface area contributed by atoms with E-state index < -0.39 is 11.9 Å². The highest BCUT2D eigenvalue weighted by Crippen LogP contribution is 2.34. The van der Waals surface area contributed by atoms with Crippen LogP contribution in [-0.4, -0.2) is 27.0 Å². The van der Waals surface area contributed by atoms with Crippen LogP contribution in [0.1, 0.15) is 38.7 Å². The molecule has 0 radical (unpaired) electrons. The van der Waals surface area contributed by atoms with Crippen LogP contribution in [0.25, 0.3) is 0 Å². The Bertz CT molecular complexity index is 870. The summed E-state index contributed by atoms with van der Waals surface area (Å²) in [5, 5.41) is 20.6. The third-order valence-corrected chi connectivity index (χ3v) is 3.81. The number of carbonyl (C=O) groups excluding carboxylic acids is 1. The summed E-state index contributed by atoms with van der Waals surface area (Å²) < 4.78 is 0. The Kier molecular flexibility index (Phi) is 3.50. The molecule has 1 amide bonds. The van der Waals surface area contributed by atoms with Crippen molar-refractivity contribution in [2.45, 2.75) is 19.3 Å². The lowest BCUT2D eigenvalue weighted by Crippen LogP contribution is -2.16. The molecule has 2 aromatic heterocycles. The number of carboxylic acids is 1. The Hall–Kier alpha value is -3.27. The number of nitrogens with one attached hydrogen (secondary N) is 1. The number of fused-ring (bicyclic) bond motifs is 1. The summed E-state index contributed by atoms with van der Waals surface area (Å²) in [5.74, 6) is -1.28. The first-order valence-electron chi connectivity index (χ1n) is 6.89. The van der Waals surface area contributed by atoms with Crippen molar-refractivity contribution in [1.29, 1.82) is 5.26 Å². The number of nitriles is 1. The van der Waals surface area contributed by atoms with Crippen molar-refractivity contribution in [3.8, 4) is 6.07 Å². The number of pyridine rings is 2. The van der Waals surface area contributed by atoms with Crippen molar-refractivity contribution in [2.24, 2.45) is 0 Å². The van der Waals surface area contributed by atoms with E-state index in [9.17, 15) is 9.59 Å². The van der Waals surface area contributed by atoms with Gasteiger partial charge in [-0.15, -0.1) is 0 Å². The number of anilines is 1. The Labute approximate surface area is 131 Å². The Morgan fingerprint density at radius 1 is 1.39 bits per heavy atom. The molecule has 2 N–H and O–H groups in total. The van der Waals surface area contributed by atoms with Crippen LogP contribution in [0, 0.1) is 18.3 Å². The highest BCUT2D eigenvalue weighted by Gasteiger charge is 2.32.